The summed E-state index contributed by atoms with van der Waals surface area (Å²) in [5.74, 6) is -1.91. The molecular formula is C52H86F3N3O6S2. The Balaban J connectivity index is 4.23. The fourth-order valence-electron chi connectivity index (χ4n) is 8.96. The van der Waals surface area contributed by atoms with Gasteiger partial charge < -0.3 is 24.0 Å². The Morgan fingerprint density at radius 3 is 1.44 bits per heavy atom. The molecule has 378 valence electrons. The molecule has 0 amide bonds. The molecule has 66 heavy (non-hydrogen) atoms. The van der Waals surface area contributed by atoms with Gasteiger partial charge in [-0.05, 0) is 128 Å². The lowest BCUT2D eigenvalue weighted by molar-refractivity contribution is -0.208. The van der Waals surface area contributed by atoms with Crippen molar-refractivity contribution < 1.29 is 41.8 Å². The van der Waals surface area contributed by atoms with Crippen molar-refractivity contribution in [3.8, 4) is 6.07 Å². The fourth-order valence-corrected chi connectivity index (χ4v) is 10.8. The van der Waals surface area contributed by atoms with Gasteiger partial charge in [-0.15, -0.1) is 11.8 Å². The summed E-state index contributed by atoms with van der Waals surface area (Å²) >= 11 is 7.43. The average molecular weight is 970 g/mol. The molecule has 1 rings (SSSR count). The van der Waals surface area contributed by atoms with Gasteiger partial charge in [-0.2, -0.15) is 18.4 Å². The maximum atomic E-state index is 15.2. The Morgan fingerprint density at radius 1 is 0.636 bits per heavy atom. The van der Waals surface area contributed by atoms with E-state index in [1.54, 1.807) is 20.8 Å². The number of ether oxygens (including phenoxy) is 3. The number of rotatable bonds is 25. The van der Waals surface area contributed by atoms with Crippen LogP contribution < -0.4 is 0 Å². The van der Waals surface area contributed by atoms with Crippen molar-refractivity contribution in [2.24, 2.45) is 48.7 Å². The van der Waals surface area contributed by atoms with Crippen molar-refractivity contribution in [2.75, 3.05) is 60.6 Å². The predicted molar refractivity (Wildman–Crippen MR) is 267 cm³/mol. The van der Waals surface area contributed by atoms with Gasteiger partial charge in [0.05, 0.1) is 31.9 Å². The number of carbonyl (C=O) groups excluding carboxylic acids is 3. The predicted octanol–water partition coefficient (Wildman–Crippen LogP) is 12.4. The summed E-state index contributed by atoms with van der Waals surface area (Å²) in [6.45, 7) is 34.5. The van der Waals surface area contributed by atoms with E-state index in [0.717, 1.165) is 12.1 Å². The van der Waals surface area contributed by atoms with E-state index in [1.807, 2.05) is 165 Å². The molecule has 0 fully saturated rings. The third-order valence-corrected chi connectivity index (χ3v) is 18.8. The van der Waals surface area contributed by atoms with E-state index < -0.39 is 84.2 Å². The minimum absolute atomic E-state index is 0.00103. The summed E-state index contributed by atoms with van der Waals surface area (Å²) in [5, 5.41) is 10.3. The number of alkyl halides is 3. The summed E-state index contributed by atoms with van der Waals surface area (Å²) in [7, 11) is 5.74. The summed E-state index contributed by atoms with van der Waals surface area (Å²) in [6.07, 6.45) is -4.42. The van der Waals surface area contributed by atoms with Gasteiger partial charge in [0.15, 0.2) is 6.61 Å². The van der Waals surface area contributed by atoms with E-state index >= 15 is 4.79 Å². The van der Waals surface area contributed by atoms with Gasteiger partial charge in [0.2, 0.25) is 0 Å². The van der Waals surface area contributed by atoms with Crippen LogP contribution in [-0.2, 0) is 28.6 Å². The van der Waals surface area contributed by atoms with Crippen LogP contribution in [0.25, 0.3) is 0 Å². The van der Waals surface area contributed by atoms with Crippen LogP contribution in [0.2, 0.25) is 0 Å². The van der Waals surface area contributed by atoms with E-state index in [1.165, 1.54) is 11.8 Å². The molecule has 0 heterocycles. The number of thioether (sulfide) groups is 1. The van der Waals surface area contributed by atoms with Crippen LogP contribution >= 0.6 is 24.0 Å². The average Bonchev–Trinajstić information content (AvgIpc) is 3.18. The third-order valence-electron chi connectivity index (χ3n) is 16.9. The molecule has 3 atom stereocenters. The lowest BCUT2D eigenvalue weighted by Gasteiger charge is -2.60. The summed E-state index contributed by atoms with van der Waals surface area (Å²) < 4.78 is 58.4. The number of halogens is 3. The second kappa shape index (κ2) is 21.9. The summed E-state index contributed by atoms with van der Waals surface area (Å²) in [5.41, 5.74) is -9.23. The smallest absolute Gasteiger partial charge is 0.422 e. The molecule has 0 aromatic heterocycles. The molecule has 9 nitrogen and oxygen atoms in total. The molecule has 0 saturated heterocycles. The number of hydrogen-bond donors (Lipinski definition) is 0. The molecule has 14 heteroatoms. The summed E-state index contributed by atoms with van der Waals surface area (Å²) in [4.78, 5) is 48.4. The molecular weight excluding hydrogens is 884 g/mol. The molecule has 0 aliphatic heterocycles. The van der Waals surface area contributed by atoms with Crippen LogP contribution in [0.3, 0.4) is 0 Å². The zero-order valence-electron chi connectivity index (χ0n) is 44.5. The number of carbonyl (C=O) groups is 3. The molecule has 0 saturated carbocycles. The first-order valence-electron chi connectivity index (χ1n) is 23.1. The third kappa shape index (κ3) is 13.7. The van der Waals surface area contributed by atoms with Crippen molar-refractivity contribution in [3.05, 3.63) is 35.9 Å². The van der Waals surface area contributed by atoms with E-state index in [9.17, 15) is 28.0 Å². The number of likely N-dealkylation sites (N-methyl/N-ethyl adjacent to an activating group) is 2. The van der Waals surface area contributed by atoms with Crippen molar-refractivity contribution in [1.29, 1.82) is 5.26 Å². The zero-order valence-corrected chi connectivity index (χ0v) is 46.1. The topological polar surface area (TPSA) is 109 Å². The highest BCUT2D eigenvalue weighted by Crippen LogP contribution is 2.66. The van der Waals surface area contributed by atoms with Gasteiger partial charge in [-0.3, -0.25) is 14.4 Å². The second-order valence-electron chi connectivity index (χ2n) is 23.6. The molecule has 0 bridgehead atoms. The van der Waals surface area contributed by atoms with E-state index in [-0.39, 0.29) is 32.5 Å². The Hall–Kier alpha value is -2.73. The van der Waals surface area contributed by atoms with Crippen LogP contribution in [0.1, 0.15) is 149 Å². The number of nitriles is 1. The number of thiocarbonyl (C=S) groups is 1. The van der Waals surface area contributed by atoms with Crippen molar-refractivity contribution >= 4 is 46.1 Å². The Morgan fingerprint density at radius 2 is 1.03 bits per heavy atom. The van der Waals surface area contributed by atoms with Crippen LogP contribution in [0.5, 0.6) is 0 Å². The Bertz CT molecular complexity index is 1870. The van der Waals surface area contributed by atoms with E-state index in [2.05, 4.69) is 6.07 Å². The second-order valence-corrected chi connectivity index (χ2v) is 25.9. The first-order valence-corrected chi connectivity index (χ1v) is 24.4. The molecule has 1 aromatic carbocycles. The molecule has 3 unspecified atom stereocenters. The van der Waals surface area contributed by atoms with Gasteiger partial charge in [0.25, 0.3) is 0 Å². The maximum Gasteiger partial charge on any atom is 0.422 e. The maximum absolute atomic E-state index is 15.2. The van der Waals surface area contributed by atoms with E-state index in [4.69, 9.17) is 26.4 Å². The van der Waals surface area contributed by atoms with Crippen LogP contribution in [0.4, 0.5) is 13.2 Å². The standard InChI is InChI=1S/C52H86F3N3O6S2/c1-22-58(21)29-31-63-39(59)50(17,33-43(4,5)46(10,11)49(16,40(60)64-36-52(53,54)55)32-42(2,3)45(8,9)35-56)47(12,13)44(6,7)34-51(18,41(61)62-30-28-57(19)20)48(14,15)66-38(65)37-26-24-23-25-27-37/h23-27H,22,28-34,36H2,1-21H3. The van der Waals surface area contributed by atoms with Crippen LogP contribution in [0, 0.1) is 60.1 Å². The lowest BCUT2D eigenvalue weighted by atomic mass is 9.43. The molecule has 0 aliphatic carbocycles. The molecule has 0 N–H and O–H groups in total. The minimum atomic E-state index is -4.77. The first kappa shape index (κ1) is 61.3. The number of nitrogens with zero attached hydrogens (tertiary/aromatic N) is 3. The zero-order chi connectivity index (χ0) is 52.0. The van der Waals surface area contributed by atoms with Crippen molar-refractivity contribution in [1.82, 2.24) is 9.80 Å². The van der Waals surface area contributed by atoms with Crippen LogP contribution in [-0.4, -0.2) is 103 Å². The normalized spacial score (nSPS) is 16.4. The van der Waals surface area contributed by atoms with Gasteiger partial charge in [0, 0.05) is 17.8 Å². The lowest BCUT2D eigenvalue weighted by Crippen LogP contribution is -2.60. The minimum Gasteiger partial charge on any atom is -0.464 e. The van der Waals surface area contributed by atoms with Gasteiger partial charge >= 0.3 is 24.1 Å². The quantitative estimate of drug-likeness (QED) is 0.0531. The number of hydrogen-bond acceptors (Lipinski definition) is 11. The largest absolute Gasteiger partial charge is 0.464 e. The van der Waals surface area contributed by atoms with Gasteiger partial charge in [-0.25, -0.2) is 0 Å². The number of benzene rings is 1. The van der Waals surface area contributed by atoms with Crippen molar-refractivity contribution in [3.63, 3.8) is 0 Å². The molecule has 0 radical (unpaired) electrons. The Labute approximate surface area is 407 Å². The highest BCUT2D eigenvalue weighted by atomic mass is 32.2. The highest BCUT2D eigenvalue weighted by molar-refractivity contribution is 8.24. The Kier molecular flexibility index (Phi) is 20.4. The van der Waals surface area contributed by atoms with Crippen LogP contribution in [0.15, 0.2) is 30.3 Å². The number of esters is 3. The molecule has 1 aromatic rings. The highest BCUT2D eigenvalue weighted by Gasteiger charge is 2.65. The van der Waals surface area contributed by atoms with Gasteiger partial charge in [0.1, 0.15) is 13.2 Å². The summed E-state index contributed by atoms with van der Waals surface area (Å²) in [6, 6.07) is 12.0. The van der Waals surface area contributed by atoms with E-state index in [0.29, 0.717) is 17.3 Å². The molecule has 0 aliphatic rings. The first-order chi connectivity index (χ1) is 29.5. The SMILES string of the molecule is CCN(C)CCOC(=O)C(C)(CC(C)(C)C(C)(C)C(C)(CC(C)(C)C(C)(C)C#N)C(=O)OCC(F)(F)F)C(C)(C)C(C)(C)CC(C)(C(=O)OCCN(C)C)C(C)(C)SC(=S)c1ccccc1. The van der Waals surface area contributed by atoms with Crippen molar-refractivity contribution in [2.45, 2.75) is 155 Å². The van der Waals surface area contributed by atoms with Gasteiger partial charge in [-0.1, -0.05) is 119 Å². The monoisotopic (exact) mass is 970 g/mol. The molecule has 0 spiro atoms. The fraction of sp³-hybridized carbons (Fsp3) is 0.788.